The molecule has 0 atom stereocenters. The normalized spacial score (nSPS) is 12.0. The van der Waals surface area contributed by atoms with Gasteiger partial charge in [-0.1, -0.05) is 0 Å². The first kappa shape index (κ1) is 29.7. The van der Waals surface area contributed by atoms with Crippen LogP contribution in [-0.4, -0.2) is 35.5 Å². The third-order valence-electron chi connectivity index (χ3n) is 1.34. The van der Waals surface area contributed by atoms with Gasteiger partial charge in [0, 0.05) is 52.6 Å². The Morgan fingerprint density at radius 2 is 1.05 bits per heavy atom. The maximum absolute atomic E-state index is 9.92. The van der Waals surface area contributed by atoms with E-state index in [-0.39, 0.29) is 17.1 Å². The smallest absolute Gasteiger partial charge is 0 e. The van der Waals surface area contributed by atoms with Crippen LogP contribution in [0.1, 0.15) is 0 Å². The van der Waals surface area contributed by atoms with E-state index in [0.717, 1.165) is 0 Å². The third kappa shape index (κ3) is 29.4. The van der Waals surface area contributed by atoms with Crippen LogP contribution in [0.15, 0.2) is 0 Å². The molecule has 10 heteroatoms. The van der Waals surface area contributed by atoms with E-state index in [2.05, 4.69) is 29.3 Å². The molecule has 1 aliphatic carbocycles. The molecule has 0 saturated heterocycles. The molecule has 0 amide bonds. The molecule has 1 aliphatic rings. The van der Waals surface area contributed by atoms with Crippen molar-refractivity contribution < 1.29 is 48.9 Å². The molecular formula is C11H21FeO7P2. The van der Waals surface area contributed by atoms with E-state index in [1.807, 2.05) is 32.1 Å². The maximum atomic E-state index is 9.92. The Morgan fingerprint density at radius 1 is 0.810 bits per heavy atom. The minimum absolute atomic E-state index is 0. The summed E-state index contributed by atoms with van der Waals surface area (Å²) >= 11 is 0. The monoisotopic (exact) mass is 383 g/mol. The van der Waals surface area contributed by atoms with Crippen LogP contribution < -0.4 is 0 Å². The van der Waals surface area contributed by atoms with Gasteiger partial charge in [-0.2, -0.15) is 0 Å². The van der Waals surface area contributed by atoms with Crippen molar-refractivity contribution in [3.63, 3.8) is 0 Å². The van der Waals surface area contributed by atoms with Crippen molar-refractivity contribution in [2.75, 3.05) is 35.5 Å². The van der Waals surface area contributed by atoms with Gasteiger partial charge >= 0.3 is 28.2 Å². The Morgan fingerprint density at radius 3 is 1.10 bits per heavy atom. The number of hydrogen-bond acceptors (Lipinski definition) is 6. The second-order valence-electron chi connectivity index (χ2n) is 2.39. The molecule has 0 heterocycles. The fraction of sp³-hybridized carbons (Fsp3) is 0.455. The Labute approximate surface area is 140 Å². The van der Waals surface area contributed by atoms with Crippen molar-refractivity contribution in [1.29, 1.82) is 0 Å². The molecule has 0 aromatic heterocycles. The minimum Gasteiger partial charge on any atom is -0.0312 e. The molecular weight excluding hydrogens is 362 g/mol. The van der Waals surface area contributed by atoms with E-state index in [1.54, 1.807) is 21.3 Å². The van der Waals surface area contributed by atoms with E-state index in [0.29, 0.717) is 0 Å². The van der Waals surface area contributed by atoms with Gasteiger partial charge < -0.3 is 22.6 Å². The SMILES string of the molecule is COP(OC)OC.CO[PH](=O)OC.[C-]#[O+].[CH]1[CH][CH][CH][CH]1.[Fe]. The van der Waals surface area contributed by atoms with Gasteiger partial charge in [0.25, 0.3) is 0 Å². The van der Waals surface area contributed by atoms with E-state index < -0.39 is 16.9 Å². The predicted octanol–water partition coefficient (Wildman–Crippen LogP) is 2.80. The summed E-state index contributed by atoms with van der Waals surface area (Å²) in [6.45, 7) is 4.50. The Balaban J connectivity index is -0.0000000958. The summed E-state index contributed by atoms with van der Waals surface area (Å²) in [6, 6.07) is 0. The van der Waals surface area contributed by atoms with Crippen molar-refractivity contribution in [1.82, 2.24) is 0 Å². The van der Waals surface area contributed by atoms with Crippen molar-refractivity contribution >= 4 is 16.9 Å². The van der Waals surface area contributed by atoms with Gasteiger partial charge in [-0.15, -0.1) is 0 Å². The standard InChI is InChI=1S/C5H5.C3H9O3P.C2H7O3P.CO.Fe/c1-2-4-5-3-1;1-4-7(5-2)6-3;1-4-6(3)5-2;1-2;/h1-5H;1-3H3;6H,1-2H3;;. The summed E-state index contributed by atoms with van der Waals surface area (Å²) in [5.41, 5.74) is 0. The molecule has 0 N–H and O–H groups in total. The molecule has 1 rings (SSSR count). The minimum atomic E-state index is -2.12. The molecule has 0 spiro atoms. The summed E-state index contributed by atoms with van der Waals surface area (Å²) in [7, 11) is 4.13. The molecule has 0 aromatic rings. The maximum Gasteiger partial charge on any atom is 0 e. The molecule has 1 fully saturated rings. The van der Waals surface area contributed by atoms with Crippen molar-refractivity contribution in [3.8, 4) is 0 Å². The number of hydrogen-bond donors (Lipinski definition) is 0. The van der Waals surface area contributed by atoms with Crippen LogP contribution in [0.5, 0.6) is 0 Å². The quantitative estimate of drug-likeness (QED) is 0.314. The van der Waals surface area contributed by atoms with Gasteiger partial charge in [0.2, 0.25) is 0 Å². The molecule has 7 nitrogen and oxygen atoms in total. The zero-order valence-corrected chi connectivity index (χ0v) is 15.5. The van der Waals surface area contributed by atoms with Gasteiger partial charge in [-0.05, 0) is 32.1 Å². The zero-order chi connectivity index (χ0) is 16.2. The first-order valence-corrected chi connectivity index (χ1v) is 7.39. The van der Waals surface area contributed by atoms with Crippen LogP contribution in [0.25, 0.3) is 0 Å². The van der Waals surface area contributed by atoms with E-state index in [4.69, 9.17) is 4.65 Å². The third-order valence-corrected chi connectivity index (χ3v) is 2.90. The topological polar surface area (TPSA) is 83.1 Å². The molecule has 0 aromatic carbocycles. The van der Waals surface area contributed by atoms with E-state index in [1.165, 1.54) is 14.2 Å². The summed E-state index contributed by atoms with van der Waals surface area (Å²) in [6.07, 6.45) is 10.0. The molecule has 0 aliphatic heterocycles. The summed E-state index contributed by atoms with van der Waals surface area (Å²) in [5, 5.41) is 0. The van der Waals surface area contributed by atoms with Gasteiger partial charge in [0.05, 0.1) is 0 Å². The summed E-state index contributed by atoms with van der Waals surface area (Å²) < 4.78 is 39.9. The molecule has 1 saturated carbocycles. The zero-order valence-electron chi connectivity index (χ0n) is 12.5. The second-order valence-corrected chi connectivity index (χ2v) is 5.25. The first-order chi connectivity index (χ1) is 9.65. The van der Waals surface area contributed by atoms with Crippen LogP contribution in [0, 0.1) is 38.8 Å². The fourth-order valence-electron chi connectivity index (χ4n) is 0.628. The molecule has 0 unspecified atom stereocenters. The molecule has 0 bridgehead atoms. The van der Waals surface area contributed by atoms with Crippen LogP contribution in [0.3, 0.4) is 0 Å². The van der Waals surface area contributed by atoms with Gasteiger partial charge in [0.1, 0.15) is 0 Å². The van der Waals surface area contributed by atoms with Gasteiger partial charge in [-0.3, -0.25) is 4.57 Å². The Kier molecular flexibility index (Phi) is 40.8. The van der Waals surface area contributed by atoms with Crippen molar-refractivity contribution in [2.45, 2.75) is 0 Å². The number of rotatable bonds is 5. The van der Waals surface area contributed by atoms with Crippen LogP contribution in [0.4, 0.5) is 0 Å². The summed E-state index contributed by atoms with van der Waals surface area (Å²) in [4.78, 5) is 0. The summed E-state index contributed by atoms with van der Waals surface area (Å²) in [5.74, 6) is 0. The molecule has 5 radical (unpaired) electrons. The Bertz CT molecular complexity index is 193. The molecule has 21 heavy (non-hydrogen) atoms. The predicted molar refractivity (Wildman–Crippen MR) is 76.4 cm³/mol. The van der Waals surface area contributed by atoms with Gasteiger partial charge in [-0.25, -0.2) is 0 Å². The van der Waals surface area contributed by atoms with Crippen molar-refractivity contribution in [2.24, 2.45) is 0 Å². The molecule has 125 valence electrons. The van der Waals surface area contributed by atoms with Crippen LogP contribution in [0.2, 0.25) is 0 Å². The second kappa shape index (κ2) is 28.8. The average molecular weight is 383 g/mol. The Hall–Kier alpha value is 0.719. The van der Waals surface area contributed by atoms with E-state index in [9.17, 15) is 4.57 Å². The van der Waals surface area contributed by atoms with Crippen molar-refractivity contribution in [3.05, 3.63) is 38.8 Å². The first-order valence-electron chi connectivity index (χ1n) is 5.07. The largest absolute Gasteiger partial charge is 0.0312 e. The van der Waals surface area contributed by atoms with Gasteiger partial charge in [0.15, 0.2) is 0 Å². The van der Waals surface area contributed by atoms with Crippen LogP contribution >= 0.6 is 16.9 Å². The van der Waals surface area contributed by atoms with Crippen LogP contribution in [-0.2, 0) is 48.9 Å². The van der Waals surface area contributed by atoms with E-state index >= 15 is 0 Å². The average Bonchev–Trinajstić information content (AvgIpc) is 3.10. The fourth-order valence-corrected chi connectivity index (χ4v) is 1.24.